The summed E-state index contributed by atoms with van der Waals surface area (Å²) in [5, 5.41) is 0. The molecule has 3 nitrogen and oxygen atoms in total. The summed E-state index contributed by atoms with van der Waals surface area (Å²) in [6, 6.07) is 29.5. The summed E-state index contributed by atoms with van der Waals surface area (Å²) in [7, 11) is 0. The normalized spacial score (nSPS) is 15.5. The Balaban J connectivity index is 1.75. The Hall–Kier alpha value is -3.07. The minimum absolute atomic E-state index is 0.178. The van der Waals surface area contributed by atoms with Crippen LogP contribution in [0.5, 0.6) is 0 Å². The molecule has 1 aliphatic heterocycles. The SMILES string of the molecule is CCC(=O)N(c1ccccc1)C1(c2ccccc2)CCN(c2ccccc2CC)CC1. The van der Waals surface area contributed by atoms with E-state index in [1.807, 2.05) is 25.1 Å². The average molecular weight is 413 g/mol. The van der Waals surface area contributed by atoms with Gasteiger partial charge in [-0.1, -0.05) is 80.6 Å². The zero-order valence-corrected chi connectivity index (χ0v) is 18.6. The van der Waals surface area contributed by atoms with Crippen molar-refractivity contribution >= 4 is 17.3 Å². The van der Waals surface area contributed by atoms with Crippen LogP contribution in [0.2, 0.25) is 0 Å². The maximum atomic E-state index is 13.4. The third-order valence-corrected chi connectivity index (χ3v) is 6.61. The van der Waals surface area contributed by atoms with Crippen molar-refractivity contribution in [1.82, 2.24) is 0 Å². The molecule has 0 aliphatic carbocycles. The van der Waals surface area contributed by atoms with E-state index in [1.165, 1.54) is 16.8 Å². The number of hydrogen-bond acceptors (Lipinski definition) is 2. The third-order valence-electron chi connectivity index (χ3n) is 6.61. The molecule has 1 amide bonds. The van der Waals surface area contributed by atoms with Gasteiger partial charge in [0.15, 0.2) is 0 Å². The molecule has 0 spiro atoms. The van der Waals surface area contributed by atoms with E-state index in [2.05, 4.69) is 83.5 Å². The molecule has 1 heterocycles. The number of nitrogens with zero attached hydrogens (tertiary/aromatic N) is 2. The second kappa shape index (κ2) is 9.38. The number of rotatable bonds is 6. The van der Waals surface area contributed by atoms with Crippen LogP contribution in [0.4, 0.5) is 11.4 Å². The largest absolute Gasteiger partial charge is 0.371 e. The smallest absolute Gasteiger partial charge is 0.227 e. The lowest BCUT2D eigenvalue weighted by molar-refractivity contribution is -0.119. The van der Waals surface area contributed by atoms with E-state index < -0.39 is 0 Å². The number of para-hydroxylation sites is 2. The van der Waals surface area contributed by atoms with Gasteiger partial charge in [-0.25, -0.2) is 0 Å². The molecule has 1 saturated heterocycles. The highest BCUT2D eigenvalue weighted by molar-refractivity contribution is 5.95. The van der Waals surface area contributed by atoms with Gasteiger partial charge in [-0.05, 0) is 48.6 Å². The molecule has 3 aromatic carbocycles. The summed E-state index contributed by atoms with van der Waals surface area (Å²) < 4.78 is 0. The molecule has 4 rings (SSSR count). The summed E-state index contributed by atoms with van der Waals surface area (Å²) in [4.78, 5) is 17.9. The fourth-order valence-electron chi connectivity index (χ4n) is 4.99. The van der Waals surface area contributed by atoms with Gasteiger partial charge in [0.05, 0.1) is 5.54 Å². The average Bonchev–Trinajstić information content (AvgIpc) is 2.85. The summed E-state index contributed by atoms with van der Waals surface area (Å²) in [6.45, 7) is 6.02. The van der Waals surface area contributed by atoms with E-state index in [4.69, 9.17) is 0 Å². The molecular weight excluding hydrogens is 380 g/mol. The van der Waals surface area contributed by atoms with E-state index in [0.717, 1.165) is 38.0 Å². The Kier molecular flexibility index (Phi) is 6.41. The lowest BCUT2D eigenvalue weighted by Gasteiger charge is -2.50. The Morgan fingerprint density at radius 1 is 0.839 bits per heavy atom. The molecule has 160 valence electrons. The monoisotopic (exact) mass is 412 g/mol. The number of carbonyl (C=O) groups is 1. The molecular formula is C28H32N2O. The molecule has 0 saturated carbocycles. The summed E-state index contributed by atoms with van der Waals surface area (Å²) in [5.41, 5.74) is 4.59. The van der Waals surface area contributed by atoms with Crippen LogP contribution in [-0.2, 0) is 16.8 Å². The molecule has 0 aromatic heterocycles. The zero-order valence-electron chi connectivity index (χ0n) is 18.6. The number of aryl methyl sites for hydroxylation is 1. The van der Waals surface area contributed by atoms with Crippen LogP contribution in [0.1, 0.15) is 44.2 Å². The molecule has 0 N–H and O–H groups in total. The number of carbonyl (C=O) groups excluding carboxylic acids is 1. The first kappa shape index (κ1) is 21.2. The van der Waals surface area contributed by atoms with Crippen LogP contribution >= 0.6 is 0 Å². The van der Waals surface area contributed by atoms with Crippen molar-refractivity contribution < 1.29 is 4.79 Å². The first-order valence-electron chi connectivity index (χ1n) is 11.5. The number of benzene rings is 3. The summed E-state index contributed by atoms with van der Waals surface area (Å²) in [5.74, 6) is 0.178. The Morgan fingerprint density at radius 3 is 2.03 bits per heavy atom. The van der Waals surface area contributed by atoms with Gasteiger partial charge in [-0.2, -0.15) is 0 Å². The van der Waals surface area contributed by atoms with Gasteiger partial charge in [0.25, 0.3) is 0 Å². The van der Waals surface area contributed by atoms with Crippen molar-refractivity contribution in [3.05, 3.63) is 96.1 Å². The van der Waals surface area contributed by atoms with Crippen molar-refractivity contribution in [2.75, 3.05) is 22.9 Å². The Bertz CT molecular complexity index is 992. The number of amides is 1. The molecule has 0 atom stereocenters. The predicted octanol–water partition coefficient (Wildman–Crippen LogP) is 6.19. The van der Waals surface area contributed by atoms with E-state index in [9.17, 15) is 4.79 Å². The molecule has 1 aliphatic rings. The highest BCUT2D eigenvalue weighted by atomic mass is 16.2. The van der Waals surface area contributed by atoms with Crippen molar-refractivity contribution in [3.63, 3.8) is 0 Å². The maximum Gasteiger partial charge on any atom is 0.227 e. The highest BCUT2D eigenvalue weighted by Gasteiger charge is 2.44. The maximum absolute atomic E-state index is 13.4. The minimum atomic E-state index is -0.340. The van der Waals surface area contributed by atoms with Crippen molar-refractivity contribution in [3.8, 4) is 0 Å². The van der Waals surface area contributed by atoms with Crippen LogP contribution in [0.15, 0.2) is 84.9 Å². The van der Waals surface area contributed by atoms with Crippen molar-refractivity contribution in [2.24, 2.45) is 0 Å². The molecule has 3 heteroatoms. The summed E-state index contributed by atoms with van der Waals surface area (Å²) in [6.07, 6.45) is 3.32. The van der Waals surface area contributed by atoms with Gasteiger partial charge < -0.3 is 9.80 Å². The quantitative estimate of drug-likeness (QED) is 0.482. The van der Waals surface area contributed by atoms with E-state index in [-0.39, 0.29) is 11.4 Å². The van der Waals surface area contributed by atoms with Crippen LogP contribution in [0, 0.1) is 0 Å². The second-order valence-electron chi connectivity index (χ2n) is 8.29. The van der Waals surface area contributed by atoms with Crippen LogP contribution < -0.4 is 9.80 Å². The van der Waals surface area contributed by atoms with Crippen LogP contribution in [0.25, 0.3) is 0 Å². The summed E-state index contributed by atoms with van der Waals surface area (Å²) >= 11 is 0. The first-order chi connectivity index (χ1) is 15.2. The molecule has 31 heavy (non-hydrogen) atoms. The van der Waals surface area contributed by atoms with Crippen LogP contribution in [-0.4, -0.2) is 19.0 Å². The van der Waals surface area contributed by atoms with Crippen molar-refractivity contribution in [1.29, 1.82) is 0 Å². The highest BCUT2D eigenvalue weighted by Crippen LogP contribution is 2.43. The second-order valence-corrected chi connectivity index (χ2v) is 8.29. The van der Waals surface area contributed by atoms with E-state index in [1.54, 1.807) is 0 Å². The van der Waals surface area contributed by atoms with E-state index in [0.29, 0.717) is 6.42 Å². The third kappa shape index (κ3) is 4.10. The minimum Gasteiger partial charge on any atom is -0.371 e. The van der Waals surface area contributed by atoms with Gasteiger partial charge in [0.2, 0.25) is 5.91 Å². The fourth-order valence-corrected chi connectivity index (χ4v) is 4.99. The Morgan fingerprint density at radius 2 is 1.42 bits per heavy atom. The standard InChI is InChI=1S/C28H32N2O/c1-3-23-13-11-12-18-26(23)29-21-19-28(20-22-29,24-14-7-5-8-15-24)30(27(31)4-2)25-16-9-6-10-17-25/h5-18H,3-4,19-22H2,1-2H3. The number of anilines is 2. The predicted molar refractivity (Wildman–Crippen MR) is 130 cm³/mol. The van der Waals surface area contributed by atoms with Gasteiger partial charge in [-0.15, -0.1) is 0 Å². The van der Waals surface area contributed by atoms with Gasteiger partial charge >= 0.3 is 0 Å². The number of piperidine rings is 1. The van der Waals surface area contributed by atoms with Gasteiger partial charge in [-0.3, -0.25) is 4.79 Å². The topological polar surface area (TPSA) is 23.6 Å². The molecule has 0 radical (unpaired) electrons. The van der Waals surface area contributed by atoms with Gasteiger partial charge in [0, 0.05) is 30.9 Å². The fraction of sp³-hybridized carbons (Fsp3) is 0.321. The van der Waals surface area contributed by atoms with Crippen LogP contribution in [0.3, 0.4) is 0 Å². The molecule has 3 aromatic rings. The molecule has 0 unspecified atom stereocenters. The van der Waals surface area contributed by atoms with E-state index >= 15 is 0 Å². The molecule has 1 fully saturated rings. The van der Waals surface area contributed by atoms with Gasteiger partial charge in [0.1, 0.15) is 0 Å². The van der Waals surface area contributed by atoms with Crippen molar-refractivity contribution in [2.45, 2.75) is 45.1 Å². The Labute approximate surface area is 186 Å². The lowest BCUT2D eigenvalue weighted by Crippen LogP contribution is -2.56. The first-order valence-corrected chi connectivity index (χ1v) is 11.5. The number of hydrogen-bond donors (Lipinski definition) is 0. The zero-order chi connectivity index (χ0) is 21.7. The lowest BCUT2D eigenvalue weighted by atomic mass is 9.78. The molecule has 0 bridgehead atoms.